The molecular weight excluding hydrogens is 299 g/mol. The number of ketones is 1. The number of esters is 1. The summed E-state index contributed by atoms with van der Waals surface area (Å²) in [6.45, 7) is 0. The molecule has 1 aliphatic rings. The SMILES string of the molecule is COC(=O)C1(Oc2ccc(C(=O)c3ccc(F)cc3)cc2)CC1. The van der Waals surface area contributed by atoms with Gasteiger partial charge in [-0.15, -0.1) is 0 Å². The van der Waals surface area contributed by atoms with Crippen LogP contribution in [0.2, 0.25) is 0 Å². The minimum Gasteiger partial charge on any atom is -0.476 e. The highest BCUT2D eigenvalue weighted by atomic mass is 19.1. The predicted octanol–water partition coefficient (Wildman–Crippen LogP) is 3.14. The predicted molar refractivity (Wildman–Crippen MR) is 80.9 cm³/mol. The molecule has 5 heteroatoms. The van der Waals surface area contributed by atoms with Crippen molar-refractivity contribution in [1.82, 2.24) is 0 Å². The van der Waals surface area contributed by atoms with Gasteiger partial charge in [-0.3, -0.25) is 4.79 Å². The van der Waals surface area contributed by atoms with Crippen molar-refractivity contribution in [2.24, 2.45) is 0 Å². The smallest absolute Gasteiger partial charge is 0.350 e. The van der Waals surface area contributed by atoms with Crippen LogP contribution < -0.4 is 4.74 Å². The van der Waals surface area contributed by atoms with Crippen LogP contribution in [0.3, 0.4) is 0 Å². The van der Waals surface area contributed by atoms with Crippen molar-refractivity contribution in [3.8, 4) is 5.75 Å². The maximum Gasteiger partial charge on any atom is 0.350 e. The van der Waals surface area contributed by atoms with Gasteiger partial charge in [0.2, 0.25) is 5.60 Å². The van der Waals surface area contributed by atoms with Crippen molar-refractivity contribution < 1.29 is 23.5 Å². The first-order valence-electron chi connectivity index (χ1n) is 7.22. The second-order valence-electron chi connectivity index (χ2n) is 5.45. The van der Waals surface area contributed by atoms with Gasteiger partial charge in [-0.05, 0) is 48.5 Å². The van der Waals surface area contributed by atoms with E-state index in [4.69, 9.17) is 9.47 Å². The Balaban J connectivity index is 1.73. The Labute approximate surface area is 132 Å². The monoisotopic (exact) mass is 314 g/mol. The number of methoxy groups -OCH3 is 1. The van der Waals surface area contributed by atoms with Crippen molar-refractivity contribution in [2.75, 3.05) is 7.11 Å². The number of hydrogen-bond acceptors (Lipinski definition) is 4. The van der Waals surface area contributed by atoms with E-state index in [9.17, 15) is 14.0 Å². The topological polar surface area (TPSA) is 52.6 Å². The molecule has 0 amide bonds. The Morgan fingerprint density at radius 1 is 0.957 bits per heavy atom. The first-order valence-corrected chi connectivity index (χ1v) is 7.22. The van der Waals surface area contributed by atoms with Gasteiger partial charge in [0.1, 0.15) is 11.6 Å². The lowest BCUT2D eigenvalue weighted by Gasteiger charge is -2.15. The summed E-state index contributed by atoms with van der Waals surface area (Å²) in [6, 6.07) is 11.9. The zero-order valence-corrected chi connectivity index (χ0v) is 12.5. The average Bonchev–Trinajstić information content (AvgIpc) is 3.35. The fourth-order valence-corrected chi connectivity index (χ4v) is 2.32. The van der Waals surface area contributed by atoms with E-state index in [1.807, 2.05) is 0 Å². The van der Waals surface area contributed by atoms with Crippen molar-refractivity contribution in [3.63, 3.8) is 0 Å². The highest BCUT2D eigenvalue weighted by Gasteiger charge is 2.54. The number of ether oxygens (including phenoxy) is 2. The van der Waals surface area contributed by atoms with E-state index in [1.165, 1.54) is 31.4 Å². The molecule has 0 radical (unpaired) electrons. The molecule has 0 unspecified atom stereocenters. The lowest BCUT2D eigenvalue weighted by atomic mass is 10.0. The Kier molecular flexibility index (Phi) is 3.86. The van der Waals surface area contributed by atoms with E-state index >= 15 is 0 Å². The van der Waals surface area contributed by atoms with Crippen LogP contribution in [0.5, 0.6) is 5.75 Å². The molecule has 3 rings (SSSR count). The summed E-state index contributed by atoms with van der Waals surface area (Å²) in [7, 11) is 1.33. The van der Waals surface area contributed by atoms with Gasteiger partial charge < -0.3 is 9.47 Å². The molecule has 2 aromatic rings. The first kappa shape index (κ1) is 15.2. The maximum atomic E-state index is 12.9. The lowest BCUT2D eigenvalue weighted by molar-refractivity contribution is -0.151. The summed E-state index contributed by atoms with van der Waals surface area (Å²) in [5.74, 6) is -0.471. The molecule has 4 nitrogen and oxygen atoms in total. The molecule has 0 atom stereocenters. The Hall–Kier alpha value is -2.69. The molecule has 0 N–H and O–H groups in total. The summed E-state index contributed by atoms with van der Waals surface area (Å²) in [5, 5.41) is 0. The Morgan fingerprint density at radius 2 is 1.48 bits per heavy atom. The fourth-order valence-electron chi connectivity index (χ4n) is 2.32. The molecule has 1 aliphatic carbocycles. The fraction of sp³-hybridized carbons (Fsp3) is 0.222. The summed E-state index contributed by atoms with van der Waals surface area (Å²) in [6.07, 6.45) is 1.24. The molecule has 0 spiro atoms. The first-order chi connectivity index (χ1) is 11.0. The van der Waals surface area contributed by atoms with Gasteiger partial charge >= 0.3 is 5.97 Å². The van der Waals surface area contributed by atoms with Gasteiger partial charge in [0.25, 0.3) is 0 Å². The van der Waals surface area contributed by atoms with E-state index in [1.54, 1.807) is 24.3 Å². The number of carbonyl (C=O) groups excluding carboxylic acids is 2. The molecule has 1 fully saturated rings. The van der Waals surface area contributed by atoms with Crippen molar-refractivity contribution >= 4 is 11.8 Å². The molecule has 0 aromatic heterocycles. The van der Waals surface area contributed by atoms with Gasteiger partial charge in [0.15, 0.2) is 5.78 Å². The van der Waals surface area contributed by atoms with Crippen molar-refractivity contribution in [2.45, 2.75) is 18.4 Å². The van der Waals surface area contributed by atoms with Crippen LogP contribution in [-0.4, -0.2) is 24.5 Å². The Bertz CT molecular complexity index is 731. The standard InChI is InChI=1S/C18H15FO4/c1-22-17(21)18(10-11-18)23-15-8-4-13(5-9-15)16(20)12-2-6-14(19)7-3-12/h2-9H,10-11H2,1H3. The molecule has 0 bridgehead atoms. The molecular formula is C18H15FO4. The van der Waals surface area contributed by atoms with Gasteiger partial charge in [-0.25, -0.2) is 9.18 Å². The van der Waals surface area contributed by atoms with Crippen LogP contribution in [0.25, 0.3) is 0 Å². The van der Waals surface area contributed by atoms with Gasteiger partial charge in [0, 0.05) is 24.0 Å². The minimum atomic E-state index is -0.878. The summed E-state index contributed by atoms with van der Waals surface area (Å²) >= 11 is 0. The van der Waals surface area contributed by atoms with Gasteiger partial charge in [0.05, 0.1) is 7.11 Å². The third-order valence-corrected chi connectivity index (χ3v) is 3.80. The van der Waals surface area contributed by atoms with Crippen LogP contribution in [0.15, 0.2) is 48.5 Å². The van der Waals surface area contributed by atoms with E-state index in [0.29, 0.717) is 29.7 Å². The van der Waals surface area contributed by atoms with E-state index < -0.39 is 5.60 Å². The third kappa shape index (κ3) is 3.08. The van der Waals surface area contributed by atoms with Crippen molar-refractivity contribution in [1.29, 1.82) is 0 Å². The molecule has 1 saturated carbocycles. The van der Waals surface area contributed by atoms with E-state index in [-0.39, 0.29) is 17.6 Å². The molecule has 23 heavy (non-hydrogen) atoms. The third-order valence-electron chi connectivity index (χ3n) is 3.80. The van der Waals surface area contributed by atoms with E-state index in [0.717, 1.165) is 0 Å². The highest BCUT2D eigenvalue weighted by Crippen LogP contribution is 2.41. The largest absolute Gasteiger partial charge is 0.476 e. The summed E-state index contributed by atoms with van der Waals surface area (Å²) < 4.78 is 23.3. The number of halogens is 1. The lowest BCUT2D eigenvalue weighted by Crippen LogP contribution is -2.30. The van der Waals surface area contributed by atoms with Crippen LogP contribution >= 0.6 is 0 Å². The molecule has 0 saturated heterocycles. The normalized spacial score (nSPS) is 14.9. The van der Waals surface area contributed by atoms with E-state index in [2.05, 4.69) is 0 Å². The summed E-state index contributed by atoms with van der Waals surface area (Å²) in [4.78, 5) is 23.9. The highest BCUT2D eigenvalue weighted by molar-refractivity contribution is 6.09. The van der Waals surface area contributed by atoms with Crippen LogP contribution in [-0.2, 0) is 9.53 Å². The molecule has 0 heterocycles. The number of carbonyl (C=O) groups is 2. The van der Waals surface area contributed by atoms with Crippen LogP contribution in [0, 0.1) is 5.82 Å². The maximum absolute atomic E-state index is 12.9. The zero-order valence-electron chi connectivity index (χ0n) is 12.5. The minimum absolute atomic E-state index is 0.203. The zero-order chi connectivity index (χ0) is 16.4. The second-order valence-corrected chi connectivity index (χ2v) is 5.45. The average molecular weight is 314 g/mol. The quantitative estimate of drug-likeness (QED) is 0.628. The van der Waals surface area contributed by atoms with Crippen LogP contribution in [0.1, 0.15) is 28.8 Å². The number of rotatable bonds is 5. The van der Waals surface area contributed by atoms with Crippen molar-refractivity contribution in [3.05, 3.63) is 65.5 Å². The number of benzene rings is 2. The Morgan fingerprint density at radius 3 is 1.96 bits per heavy atom. The summed E-state index contributed by atoms with van der Waals surface area (Å²) in [5.41, 5.74) is -0.00259. The second kappa shape index (κ2) is 5.83. The number of hydrogen-bond donors (Lipinski definition) is 0. The van der Waals surface area contributed by atoms with Gasteiger partial charge in [-0.1, -0.05) is 0 Å². The molecule has 0 aliphatic heterocycles. The van der Waals surface area contributed by atoms with Crippen LogP contribution in [0.4, 0.5) is 4.39 Å². The van der Waals surface area contributed by atoms with Gasteiger partial charge in [-0.2, -0.15) is 0 Å². The molecule has 118 valence electrons. The molecule has 2 aromatic carbocycles.